The van der Waals surface area contributed by atoms with E-state index in [2.05, 4.69) is 18.2 Å². The Hall–Kier alpha value is -2.14. The normalized spacial score (nSPS) is 11.8. The topological polar surface area (TPSA) is 23.8 Å². The Morgan fingerprint density at radius 1 is 1.00 bits per heavy atom. The summed E-state index contributed by atoms with van der Waals surface area (Å²) >= 11 is 0. The molecule has 2 heteroatoms. The standard InChI is InChI=1S/C16H14FN/c17-16-10-8-14(9-11-16)15(12-18)7-6-13-4-2-1-3-5-13/h1-5,8-11,15H,6-7H2/t15-/m1/s1. The third-order valence-electron chi connectivity index (χ3n) is 2.99. The number of benzene rings is 2. The molecule has 2 rings (SSSR count). The molecule has 0 saturated carbocycles. The van der Waals surface area contributed by atoms with Gasteiger partial charge in [0.15, 0.2) is 0 Å². The Balaban J connectivity index is 2.02. The van der Waals surface area contributed by atoms with Crippen LogP contribution in [0.2, 0.25) is 0 Å². The first-order valence-electron chi connectivity index (χ1n) is 5.98. The fraction of sp³-hybridized carbons (Fsp3) is 0.188. The van der Waals surface area contributed by atoms with Gasteiger partial charge in [-0.3, -0.25) is 0 Å². The van der Waals surface area contributed by atoms with Gasteiger partial charge >= 0.3 is 0 Å². The first-order valence-corrected chi connectivity index (χ1v) is 5.98. The van der Waals surface area contributed by atoms with Crippen LogP contribution in [0.3, 0.4) is 0 Å². The highest BCUT2D eigenvalue weighted by atomic mass is 19.1. The number of nitriles is 1. The van der Waals surface area contributed by atoms with Gasteiger partial charge in [0.25, 0.3) is 0 Å². The molecule has 0 fully saturated rings. The minimum absolute atomic E-state index is 0.175. The molecule has 0 aliphatic heterocycles. The minimum Gasteiger partial charge on any atom is -0.207 e. The predicted molar refractivity (Wildman–Crippen MR) is 69.5 cm³/mol. The van der Waals surface area contributed by atoms with Gasteiger partial charge in [-0.2, -0.15) is 5.26 Å². The van der Waals surface area contributed by atoms with Crippen molar-refractivity contribution in [2.24, 2.45) is 0 Å². The van der Waals surface area contributed by atoms with Crippen molar-refractivity contribution < 1.29 is 4.39 Å². The predicted octanol–water partition coefficient (Wildman–Crippen LogP) is 4.07. The second-order valence-electron chi connectivity index (χ2n) is 4.26. The number of aryl methyl sites for hydroxylation is 1. The second kappa shape index (κ2) is 5.97. The summed E-state index contributed by atoms with van der Waals surface area (Å²) < 4.78 is 12.8. The average Bonchev–Trinajstić information content (AvgIpc) is 2.42. The molecule has 0 saturated heterocycles. The van der Waals surface area contributed by atoms with Crippen LogP contribution in [0.15, 0.2) is 54.6 Å². The monoisotopic (exact) mass is 239 g/mol. The smallest absolute Gasteiger partial charge is 0.123 e. The van der Waals surface area contributed by atoms with E-state index in [0.717, 1.165) is 18.4 Å². The van der Waals surface area contributed by atoms with Gasteiger partial charge in [-0.05, 0) is 36.1 Å². The molecular weight excluding hydrogens is 225 g/mol. The van der Waals surface area contributed by atoms with Gasteiger partial charge in [-0.25, -0.2) is 4.39 Å². The van der Waals surface area contributed by atoms with Gasteiger partial charge in [-0.15, -0.1) is 0 Å². The SMILES string of the molecule is N#C[C@@H](CCc1ccccc1)c1ccc(F)cc1. The Labute approximate surface area is 107 Å². The van der Waals surface area contributed by atoms with Crippen LogP contribution in [0.5, 0.6) is 0 Å². The summed E-state index contributed by atoms with van der Waals surface area (Å²) in [6, 6.07) is 18.5. The van der Waals surface area contributed by atoms with Crippen LogP contribution in [0.4, 0.5) is 4.39 Å². The average molecular weight is 239 g/mol. The highest BCUT2D eigenvalue weighted by Crippen LogP contribution is 2.21. The maximum Gasteiger partial charge on any atom is 0.123 e. The summed E-state index contributed by atoms with van der Waals surface area (Å²) in [6.45, 7) is 0. The summed E-state index contributed by atoms with van der Waals surface area (Å²) in [7, 11) is 0. The summed E-state index contributed by atoms with van der Waals surface area (Å²) in [5.41, 5.74) is 2.11. The minimum atomic E-state index is -0.265. The fourth-order valence-electron chi connectivity index (χ4n) is 1.96. The molecule has 0 aliphatic rings. The summed E-state index contributed by atoms with van der Waals surface area (Å²) in [5, 5.41) is 9.18. The molecule has 0 bridgehead atoms. The van der Waals surface area contributed by atoms with E-state index in [0.29, 0.717) is 0 Å². The molecule has 0 aromatic heterocycles. The third kappa shape index (κ3) is 3.18. The van der Waals surface area contributed by atoms with Crippen LogP contribution in [-0.4, -0.2) is 0 Å². The second-order valence-corrected chi connectivity index (χ2v) is 4.26. The number of hydrogen-bond donors (Lipinski definition) is 0. The van der Waals surface area contributed by atoms with E-state index in [1.54, 1.807) is 12.1 Å². The Bertz CT molecular complexity index is 525. The van der Waals surface area contributed by atoms with E-state index < -0.39 is 0 Å². The zero-order valence-electron chi connectivity index (χ0n) is 10.0. The molecule has 0 unspecified atom stereocenters. The molecular formula is C16H14FN. The van der Waals surface area contributed by atoms with Crippen molar-refractivity contribution in [3.8, 4) is 6.07 Å². The third-order valence-corrected chi connectivity index (χ3v) is 2.99. The van der Waals surface area contributed by atoms with Crippen molar-refractivity contribution in [2.45, 2.75) is 18.8 Å². The van der Waals surface area contributed by atoms with Crippen LogP contribution >= 0.6 is 0 Å². The molecule has 18 heavy (non-hydrogen) atoms. The van der Waals surface area contributed by atoms with Crippen molar-refractivity contribution >= 4 is 0 Å². The molecule has 2 aromatic carbocycles. The van der Waals surface area contributed by atoms with E-state index in [4.69, 9.17) is 0 Å². The van der Waals surface area contributed by atoms with Crippen molar-refractivity contribution in [3.05, 3.63) is 71.5 Å². The molecule has 2 aromatic rings. The fourth-order valence-corrected chi connectivity index (χ4v) is 1.96. The Kier molecular flexibility index (Phi) is 4.09. The van der Waals surface area contributed by atoms with Crippen molar-refractivity contribution in [3.63, 3.8) is 0 Å². The van der Waals surface area contributed by atoms with E-state index in [1.807, 2.05) is 18.2 Å². The van der Waals surface area contributed by atoms with Crippen molar-refractivity contribution in [1.82, 2.24) is 0 Å². The quantitative estimate of drug-likeness (QED) is 0.789. The summed E-state index contributed by atoms with van der Waals surface area (Å²) in [4.78, 5) is 0. The highest BCUT2D eigenvalue weighted by molar-refractivity contribution is 5.26. The van der Waals surface area contributed by atoms with Gasteiger partial charge in [-0.1, -0.05) is 42.5 Å². The van der Waals surface area contributed by atoms with E-state index in [9.17, 15) is 9.65 Å². The van der Waals surface area contributed by atoms with Crippen LogP contribution in [0, 0.1) is 17.1 Å². The lowest BCUT2D eigenvalue weighted by Crippen LogP contribution is -1.98. The number of nitrogens with zero attached hydrogens (tertiary/aromatic N) is 1. The molecule has 0 N–H and O–H groups in total. The lowest BCUT2D eigenvalue weighted by molar-refractivity contribution is 0.625. The van der Waals surface area contributed by atoms with E-state index in [1.165, 1.54) is 17.7 Å². The molecule has 0 amide bonds. The van der Waals surface area contributed by atoms with Crippen LogP contribution in [-0.2, 0) is 6.42 Å². The van der Waals surface area contributed by atoms with E-state index in [-0.39, 0.29) is 11.7 Å². The molecule has 0 aliphatic carbocycles. The Morgan fingerprint density at radius 2 is 1.67 bits per heavy atom. The van der Waals surface area contributed by atoms with Gasteiger partial charge in [0, 0.05) is 0 Å². The zero-order valence-corrected chi connectivity index (χ0v) is 10.0. The van der Waals surface area contributed by atoms with Crippen LogP contribution in [0.25, 0.3) is 0 Å². The van der Waals surface area contributed by atoms with Gasteiger partial charge in [0.05, 0.1) is 12.0 Å². The van der Waals surface area contributed by atoms with Crippen molar-refractivity contribution in [1.29, 1.82) is 5.26 Å². The number of rotatable bonds is 4. The van der Waals surface area contributed by atoms with Crippen LogP contribution < -0.4 is 0 Å². The molecule has 1 atom stereocenters. The number of hydrogen-bond acceptors (Lipinski definition) is 1. The molecule has 0 radical (unpaired) electrons. The Morgan fingerprint density at radius 3 is 2.28 bits per heavy atom. The zero-order chi connectivity index (χ0) is 12.8. The molecule has 1 nitrogen and oxygen atoms in total. The molecule has 90 valence electrons. The van der Waals surface area contributed by atoms with Gasteiger partial charge < -0.3 is 0 Å². The van der Waals surface area contributed by atoms with Crippen LogP contribution in [0.1, 0.15) is 23.5 Å². The highest BCUT2D eigenvalue weighted by Gasteiger charge is 2.10. The maximum absolute atomic E-state index is 12.8. The summed E-state index contributed by atoms with van der Waals surface area (Å²) in [5.74, 6) is -0.440. The summed E-state index contributed by atoms with van der Waals surface area (Å²) in [6.07, 6.45) is 1.61. The van der Waals surface area contributed by atoms with Gasteiger partial charge in [0.2, 0.25) is 0 Å². The number of halogens is 1. The first kappa shape index (κ1) is 12.3. The van der Waals surface area contributed by atoms with Crippen molar-refractivity contribution in [2.75, 3.05) is 0 Å². The molecule has 0 spiro atoms. The van der Waals surface area contributed by atoms with E-state index >= 15 is 0 Å². The molecule has 0 heterocycles. The van der Waals surface area contributed by atoms with Gasteiger partial charge in [0.1, 0.15) is 5.82 Å². The lowest BCUT2D eigenvalue weighted by atomic mass is 9.93. The first-order chi connectivity index (χ1) is 8.79. The lowest BCUT2D eigenvalue weighted by Gasteiger charge is -2.09. The maximum atomic E-state index is 12.8. The largest absolute Gasteiger partial charge is 0.207 e.